The van der Waals surface area contributed by atoms with Crippen LogP contribution in [0.4, 0.5) is 0 Å². The minimum atomic E-state index is -0.428. The maximum atomic E-state index is 11.2. The van der Waals surface area contributed by atoms with Gasteiger partial charge < -0.3 is 0 Å². The molecule has 0 saturated heterocycles. The summed E-state index contributed by atoms with van der Waals surface area (Å²) in [5.74, 6) is 0. The second-order valence-corrected chi connectivity index (χ2v) is 3.99. The van der Waals surface area contributed by atoms with Gasteiger partial charge in [0, 0.05) is 4.47 Å². The molecule has 0 saturated carbocycles. The van der Waals surface area contributed by atoms with Crippen LogP contribution in [-0.4, -0.2) is 14.8 Å². The number of hydrogen-bond acceptors (Lipinski definition) is 2. The predicted molar refractivity (Wildman–Crippen MR) is 58.9 cm³/mol. The van der Waals surface area contributed by atoms with Crippen LogP contribution in [0, 0.1) is 0 Å². The average Bonchev–Trinajstić information content (AvgIpc) is 2.53. The Balaban J connectivity index is 2.34. The van der Waals surface area contributed by atoms with Crippen LogP contribution >= 0.6 is 15.9 Å². The fourth-order valence-electron chi connectivity index (χ4n) is 1.25. The highest BCUT2D eigenvalue weighted by atomic mass is 79.9. The third-order valence-electron chi connectivity index (χ3n) is 2.02. The van der Waals surface area contributed by atoms with Crippen molar-refractivity contribution < 1.29 is 0 Å². The first-order valence-electron chi connectivity index (χ1n) is 4.29. The van der Waals surface area contributed by atoms with E-state index in [-0.39, 0.29) is 6.54 Å². The zero-order valence-electron chi connectivity index (χ0n) is 7.66. The van der Waals surface area contributed by atoms with Crippen LogP contribution in [-0.2, 0) is 6.54 Å². The Kier molecular flexibility index (Phi) is 2.59. The molecule has 1 heterocycles. The molecular formula is C9H8BrN3O2. The van der Waals surface area contributed by atoms with E-state index in [0.717, 1.165) is 14.6 Å². The number of aromatic nitrogens is 3. The highest BCUT2D eigenvalue weighted by molar-refractivity contribution is 9.10. The first kappa shape index (κ1) is 9.97. The number of H-pyrrole nitrogens is 2. The van der Waals surface area contributed by atoms with E-state index in [1.54, 1.807) is 0 Å². The Labute approximate surface area is 92.9 Å². The molecule has 0 spiro atoms. The molecule has 0 aliphatic carbocycles. The summed E-state index contributed by atoms with van der Waals surface area (Å²) in [6.07, 6.45) is 0. The Hall–Kier alpha value is -1.56. The van der Waals surface area contributed by atoms with E-state index >= 15 is 0 Å². The van der Waals surface area contributed by atoms with Crippen LogP contribution in [0.25, 0.3) is 0 Å². The molecule has 2 rings (SSSR count). The lowest BCUT2D eigenvalue weighted by molar-refractivity contribution is 0.733. The van der Waals surface area contributed by atoms with Gasteiger partial charge in [0.05, 0.1) is 6.54 Å². The molecule has 0 unspecified atom stereocenters. The number of rotatable bonds is 2. The average molecular weight is 270 g/mol. The normalized spacial score (nSPS) is 10.5. The van der Waals surface area contributed by atoms with Gasteiger partial charge in [0.1, 0.15) is 0 Å². The van der Waals surface area contributed by atoms with Gasteiger partial charge in [0.15, 0.2) is 0 Å². The molecular weight excluding hydrogens is 262 g/mol. The molecule has 1 aromatic carbocycles. The van der Waals surface area contributed by atoms with Gasteiger partial charge in [-0.15, -0.1) is 0 Å². The number of nitrogens with one attached hydrogen (secondary N) is 2. The molecule has 1 aromatic heterocycles. The third-order valence-corrected chi connectivity index (χ3v) is 2.55. The number of benzene rings is 1. The minimum absolute atomic E-state index is 0.269. The second kappa shape index (κ2) is 3.90. The van der Waals surface area contributed by atoms with Crippen LogP contribution in [0.3, 0.4) is 0 Å². The predicted octanol–water partition coefficient (Wildman–Crippen LogP) is 0.675. The van der Waals surface area contributed by atoms with E-state index in [1.165, 1.54) is 0 Å². The monoisotopic (exact) mass is 269 g/mol. The summed E-state index contributed by atoms with van der Waals surface area (Å²) in [5, 5.41) is 4.46. The summed E-state index contributed by atoms with van der Waals surface area (Å²) in [4.78, 5) is 22.4. The number of aromatic amines is 2. The Bertz CT molecular complexity index is 537. The molecule has 78 valence electrons. The second-order valence-electron chi connectivity index (χ2n) is 3.07. The summed E-state index contributed by atoms with van der Waals surface area (Å²) in [7, 11) is 0. The maximum Gasteiger partial charge on any atom is 0.344 e. The van der Waals surface area contributed by atoms with Crippen molar-refractivity contribution in [3.8, 4) is 0 Å². The smallest absolute Gasteiger partial charge is 0.247 e. The number of hydrogen-bond donors (Lipinski definition) is 2. The molecule has 2 N–H and O–H groups in total. The first-order valence-corrected chi connectivity index (χ1v) is 5.08. The lowest BCUT2D eigenvalue weighted by Crippen LogP contribution is -2.26. The van der Waals surface area contributed by atoms with Gasteiger partial charge in [-0.05, 0) is 17.7 Å². The summed E-state index contributed by atoms with van der Waals surface area (Å²) in [6.45, 7) is 0.269. The van der Waals surface area contributed by atoms with Crippen molar-refractivity contribution in [3.05, 3.63) is 55.3 Å². The van der Waals surface area contributed by atoms with Crippen molar-refractivity contribution in [2.75, 3.05) is 0 Å². The quantitative estimate of drug-likeness (QED) is 0.842. The zero-order valence-corrected chi connectivity index (χ0v) is 9.24. The molecule has 0 aliphatic heterocycles. The molecule has 6 heteroatoms. The number of nitrogens with zero attached hydrogens (tertiary/aromatic N) is 1. The molecule has 0 fully saturated rings. The first-order chi connectivity index (χ1) is 7.16. The molecule has 0 amide bonds. The largest absolute Gasteiger partial charge is 0.344 e. The fraction of sp³-hybridized carbons (Fsp3) is 0.111. The number of halogens is 1. The molecule has 15 heavy (non-hydrogen) atoms. The summed E-state index contributed by atoms with van der Waals surface area (Å²) < 4.78 is 2.06. The van der Waals surface area contributed by atoms with Crippen molar-refractivity contribution >= 4 is 15.9 Å². The van der Waals surface area contributed by atoms with E-state index in [0.29, 0.717) is 0 Å². The van der Waals surface area contributed by atoms with E-state index < -0.39 is 11.4 Å². The van der Waals surface area contributed by atoms with E-state index in [1.807, 2.05) is 24.3 Å². The van der Waals surface area contributed by atoms with Gasteiger partial charge >= 0.3 is 11.4 Å². The Morgan fingerprint density at radius 1 is 1.07 bits per heavy atom. The van der Waals surface area contributed by atoms with Gasteiger partial charge in [-0.1, -0.05) is 28.1 Å². The van der Waals surface area contributed by atoms with Crippen LogP contribution in [0.2, 0.25) is 0 Å². The van der Waals surface area contributed by atoms with Crippen LogP contribution in [0.15, 0.2) is 38.3 Å². The van der Waals surface area contributed by atoms with Crippen LogP contribution in [0.1, 0.15) is 5.56 Å². The van der Waals surface area contributed by atoms with E-state index in [4.69, 9.17) is 0 Å². The van der Waals surface area contributed by atoms with Gasteiger partial charge in [0.25, 0.3) is 0 Å². The molecule has 0 atom stereocenters. The van der Waals surface area contributed by atoms with Crippen molar-refractivity contribution in [1.82, 2.24) is 14.8 Å². The standard InChI is InChI=1S/C9H8BrN3O2/c10-7-3-1-6(2-4-7)5-13-8(14)11-12-9(13)15/h1-4H,5H2,(H,11,14)(H,12,15). The highest BCUT2D eigenvalue weighted by Gasteiger charge is 2.03. The summed E-state index contributed by atoms with van der Waals surface area (Å²) in [5.41, 5.74) is 0.0382. The fourth-order valence-corrected chi connectivity index (χ4v) is 1.51. The van der Waals surface area contributed by atoms with Gasteiger partial charge in [-0.25, -0.2) is 24.4 Å². The Morgan fingerprint density at radius 2 is 1.60 bits per heavy atom. The lowest BCUT2D eigenvalue weighted by atomic mass is 10.2. The lowest BCUT2D eigenvalue weighted by Gasteiger charge is -1.99. The molecule has 0 aliphatic rings. The zero-order chi connectivity index (χ0) is 10.8. The van der Waals surface area contributed by atoms with Crippen molar-refractivity contribution in [1.29, 1.82) is 0 Å². The molecule has 5 nitrogen and oxygen atoms in total. The van der Waals surface area contributed by atoms with E-state index in [2.05, 4.69) is 26.1 Å². The third kappa shape index (κ3) is 2.10. The van der Waals surface area contributed by atoms with Gasteiger partial charge in [-0.2, -0.15) is 0 Å². The molecule has 0 radical (unpaired) electrons. The molecule has 0 bridgehead atoms. The van der Waals surface area contributed by atoms with E-state index in [9.17, 15) is 9.59 Å². The van der Waals surface area contributed by atoms with Crippen molar-refractivity contribution in [2.45, 2.75) is 6.54 Å². The van der Waals surface area contributed by atoms with Gasteiger partial charge in [0.2, 0.25) is 0 Å². The van der Waals surface area contributed by atoms with Gasteiger partial charge in [-0.3, -0.25) is 0 Å². The summed E-state index contributed by atoms with van der Waals surface area (Å²) in [6, 6.07) is 7.42. The topological polar surface area (TPSA) is 70.7 Å². The minimum Gasteiger partial charge on any atom is -0.247 e. The van der Waals surface area contributed by atoms with Crippen LogP contribution in [0.5, 0.6) is 0 Å². The van der Waals surface area contributed by atoms with Crippen molar-refractivity contribution in [3.63, 3.8) is 0 Å². The maximum absolute atomic E-state index is 11.2. The SMILES string of the molecule is O=c1[nH][nH]c(=O)n1Cc1ccc(Br)cc1. The highest BCUT2D eigenvalue weighted by Crippen LogP contribution is 2.10. The van der Waals surface area contributed by atoms with Crippen LogP contribution < -0.4 is 11.4 Å². The Morgan fingerprint density at radius 3 is 2.13 bits per heavy atom. The van der Waals surface area contributed by atoms with Crippen molar-refractivity contribution in [2.24, 2.45) is 0 Å². The molecule has 2 aromatic rings. The summed E-state index contributed by atoms with van der Waals surface area (Å²) >= 11 is 3.31.